The number of aromatic amines is 1. The minimum absolute atomic E-state index is 0.0270. The van der Waals surface area contributed by atoms with Gasteiger partial charge < -0.3 is 34.7 Å². The number of imidazole rings is 2. The summed E-state index contributed by atoms with van der Waals surface area (Å²) >= 11 is 0. The molecule has 2 aliphatic heterocycles. The average molecular weight is 973 g/mol. The highest BCUT2D eigenvalue weighted by atomic mass is 19.4. The van der Waals surface area contributed by atoms with Gasteiger partial charge in [-0.15, -0.1) is 0 Å². The zero-order chi connectivity index (χ0) is 49.1. The Morgan fingerprint density at radius 3 is 1.63 bits per heavy atom. The topological polar surface area (TPSA) is 176 Å². The van der Waals surface area contributed by atoms with Crippen LogP contribution in [0.5, 0.6) is 17.2 Å². The maximum atomic E-state index is 14.1. The summed E-state index contributed by atoms with van der Waals surface area (Å²) in [5.74, 6) is -19.0. The molecule has 2 atom stereocenters. The van der Waals surface area contributed by atoms with Crippen LogP contribution in [0, 0.1) is 0 Å². The first-order valence-corrected chi connectivity index (χ1v) is 19.8. The number of halogens is 12. The van der Waals surface area contributed by atoms with Crippen molar-refractivity contribution in [2.75, 3.05) is 13.1 Å². The van der Waals surface area contributed by atoms with Crippen molar-refractivity contribution < 1.29 is 90.9 Å². The number of ether oxygens (including phenoxy) is 3. The highest BCUT2D eigenvalue weighted by Crippen LogP contribution is 2.53. The first kappa shape index (κ1) is 47.3. The molecule has 14 nitrogen and oxygen atoms in total. The second-order valence-electron chi connectivity index (χ2n) is 15.2. The third kappa shape index (κ3) is 9.49. The number of aromatic nitrogens is 4. The van der Waals surface area contributed by atoms with Gasteiger partial charge in [0, 0.05) is 0 Å². The van der Waals surface area contributed by atoms with Gasteiger partial charge in [0.2, 0.25) is 5.75 Å². The normalized spacial score (nSPS) is 16.9. The Morgan fingerprint density at radius 1 is 0.574 bits per heavy atom. The number of hydrogen-bond acceptors (Lipinski definition) is 12. The van der Waals surface area contributed by atoms with E-state index in [4.69, 9.17) is 0 Å². The molecule has 3 N–H and O–H groups in total. The first-order chi connectivity index (χ1) is 31.9. The summed E-state index contributed by atoms with van der Waals surface area (Å²) in [6.45, 7) is 0.863. The fourth-order valence-corrected chi connectivity index (χ4v) is 7.58. The smallest absolute Gasteiger partial charge is 0.417 e. The standard InChI is InChI=1S/C42H28F12N6O8/c43-39(44,45)35(61)65-30-27(22-12-8-19-7-11-21(15-23(19)16-22)18-5-9-20(10-6-18)26-17-57-33(58-26)24-3-1-13-55-24)31(66-36(62)40(46,47)48)32(67-37(63)41(49,50)51)28-29(30)60(68-38(64)42(52,53)54)34(59-28)25-4-2-14-56-25/h5-12,15-17,24-25,55-56H,1-4,13-14H2,(H,57,58)/t24-,25-/m0/s1. The van der Waals surface area contributed by atoms with Gasteiger partial charge in [0.05, 0.1) is 29.5 Å². The number of nitrogens with zero attached hydrogens (tertiary/aromatic N) is 3. The van der Waals surface area contributed by atoms with Crippen molar-refractivity contribution >= 4 is 45.7 Å². The fraction of sp³-hybridized carbons (Fsp3) is 0.286. The lowest BCUT2D eigenvalue weighted by Gasteiger charge is -2.21. The fourth-order valence-electron chi connectivity index (χ4n) is 7.58. The summed E-state index contributed by atoms with van der Waals surface area (Å²) < 4.78 is 180. The summed E-state index contributed by atoms with van der Waals surface area (Å²) in [7, 11) is 0. The highest BCUT2D eigenvalue weighted by Gasteiger charge is 2.49. The molecule has 2 aromatic heterocycles. The predicted octanol–water partition coefficient (Wildman–Crippen LogP) is 8.68. The Kier molecular flexibility index (Phi) is 12.1. The summed E-state index contributed by atoms with van der Waals surface area (Å²) in [4.78, 5) is 66.1. The SMILES string of the molecule is O=C(Oc1c(-c2ccc3ccc(-c4ccc(-c5cnc([C@@H]6CCCN6)[nH]5)cc4)cc3c2)c(OC(=O)C(F)(F)F)c2c(nc([C@@H]3CCCN3)n2OC(=O)C(F)(F)F)c1OC(=O)C(F)(F)F)C(F)(F)F. The van der Waals surface area contributed by atoms with Gasteiger partial charge in [-0.1, -0.05) is 48.5 Å². The number of carbonyl (C=O) groups excluding carboxylic acids is 4. The molecule has 358 valence electrons. The van der Waals surface area contributed by atoms with Gasteiger partial charge in [0.25, 0.3) is 0 Å². The Labute approximate surface area is 371 Å². The first-order valence-electron chi connectivity index (χ1n) is 19.8. The summed E-state index contributed by atoms with van der Waals surface area (Å²) in [6.07, 6.45) is -20.6. The number of rotatable bonds is 9. The van der Waals surface area contributed by atoms with Crippen molar-refractivity contribution in [2.24, 2.45) is 0 Å². The van der Waals surface area contributed by atoms with E-state index in [1.165, 1.54) is 12.1 Å². The third-order valence-corrected chi connectivity index (χ3v) is 10.7. The van der Waals surface area contributed by atoms with Gasteiger partial charge in [-0.25, -0.2) is 29.1 Å². The summed E-state index contributed by atoms with van der Waals surface area (Å²) in [6, 6.07) is 13.0. The highest BCUT2D eigenvalue weighted by molar-refractivity contribution is 6.05. The zero-order valence-electron chi connectivity index (χ0n) is 33.9. The van der Waals surface area contributed by atoms with E-state index >= 15 is 0 Å². The van der Waals surface area contributed by atoms with Gasteiger partial charge in [0.1, 0.15) is 11.3 Å². The molecular weight excluding hydrogens is 944 g/mol. The number of alkyl halides is 12. The number of fused-ring (bicyclic) bond motifs is 2. The molecule has 6 aromatic rings. The number of H-pyrrole nitrogens is 1. The van der Waals surface area contributed by atoms with Gasteiger partial charge in [-0.05, 0) is 83.9 Å². The average Bonchev–Trinajstić information content (AvgIpc) is 4.11. The van der Waals surface area contributed by atoms with E-state index in [0.29, 0.717) is 16.8 Å². The lowest BCUT2D eigenvalue weighted by Crippen LogP contribution is -2.35. The molecule has 2 saturated heterocycles. The van der Waals surface area contributed by atoms with Gasteiger partial charge in [-0.2, -0.15) is 57.4 Å². The zero-order valence-corrected chi connectivity index (χ0v) is 33.9. The number of nitrogens with one attached hydrogen (secondary N) is 3. The number of hydrogen-bond donors (Lipinski definition) is 3. The van der Waals surface area contributed by atoms with Crippen LogP contribution in [0.2, 0.25) is 0 Å². The molecule has 2 fully saturated rings. The van der Waals surface area contributed by atoms with Crippen LogP contribution in [0.1, 0.15) is 49.4 Å². The van der Waals surface area contributed by atoms with Gasteiger partial charge in [0.15, 0.2) is 22.8 Å². The van der Waals surface area contributed by atoms with E-state index in [9.17, 15) is 71.9 Å². The molecule has 0 amide bonds. The maximum absolute atomic E-state index is 14.1. The van der Waals surface area contributed by atoms with E-state index in [0.717, 1.165) is 49.0 Å². The number of benzene rings is 4. The second kappa shape index (κ2) is 17.5. The quantitative estimate of drug-likeness (QED) is 0.0715. The molecular formula is C42H28F12N6O8. The van der Waals surface area contributed by atoms with Gasteiger partial charge in [-0.3, -0.25) is 0 Å². The Bertz CT molecular complexity index is 2970. The lowest BCUT2D eigenvalue weighted by atomic mass is 9.95. The van der Waals surface area contributed by atoms with Crippen LogP contribution in [0.3, 0.4) is 0 Å². The van der Waals surface area contributed by atoms with E-state index in [-0.39, 0.29) is 40.9 Å². The van der Waals surface area contributed by atoms with Crippen molar-refractivity contribution in [3.63, 3.8) is 0 Å². The van der Waals surface area contributed by atoms with Crippen molar-refractivity contribution in [1.29, 1.82) is 0 Å². The molecule has 0 saturated carbocycles. The molecule has 68 heavy (non-hydrogen) atoms. The molecule has 0 spiro atoms. The van der Waals surface area contributed by atoms with Gasteiger partial charge >= 0.3 is 48.6 Å². The van der Waals surface area contributed by atoms with E-state index < -0.39 is 99.9 Å². The monoisotopic (exact) mass is 972 g/mol. The largest absolute Gasteiger partial charge is 0.493 e. The van der Waals surface area contributed by atoms with Crippen LogP contribution in [0.15, 0.2) is 66.9 Å². The van der Waals surface area contributed by atoms with Crippen LogP contribution >= 0.6 is 0 Å². The van der Waals surface area contributed by atoms with Crippen LogP contribution in [0.4, 0.5) is 52.7 Å². The minimum Gasteiger partial charge on any atom is -0.417 e. The third-order valence-electron chi connectivity index (χ3n) is 10.7. The lowest BCUT2D eigenvalue weighted by molar-refractivity contribution is -0.199. The van der Waals surface area contributed by atoms with E-state index in [1.807, 2.05) is 0 Å². The van der Waals surface area contributed by atoms with E-state index in [1.54, 1.807) is 36.5 Å². The molecule has 0 unspecified atom stereocenters. The van der Waals surface area contributed by atoms with Crippen LogP contribution < -0.4 is 29.7 Å². The second-order valence-corrected chi connectivity index (χ2v) is 15.2. The number of esters is 3. The van der Waals surface area contributed by atoms with Crippen LogP contribution in [0.25, 0.3) is 55.3 Å². The number of carbonyl (C=O) groups is 4. The maximum Gasteiger partial charge on any atom is 0.493 e. The molecule has 0 aliphatic carbocycles. The summed E-state index contributed by atoms with van der Waals surface area (Å²) in [5, 5.41) is 6.29. The van der Waals surface area contributed by atoms with Crippen molar-refractivity contribution in [3.05, 3.63) is 78.5 Å². The van der Waals surface area contributed by atoms with Crippen molar-refractivity contribution in [3.8, 4) is 50.8 Å². The van der Waals surface area contributed by atoms with Crippen molar-refractivity contribution in [2.45, 2.75) is 62.5 Å². The Morgan fingerprint density at radius 2 is 1.07 bits per heavy atom. The summed E-state index contributed by atoms with van der Waals surface area (Å²) in [5.41, 5.74) is -3.17. The molecule has 8 rings (SSSR count). The van der Waals surface area contributed by atoms with Crippen LogP contribution in [-0.2, 0) is 19.2 Å². The molecule has 26 heteroatoms. The molecule has 2 aliphatic rings. The minimum atomic E-state index is -6.07. The Hall–Kier alpha value is -7.22. The van der Waals surface area contributed by atoms with Crippen molar-refractivity contribution in [1.82, 2.24) is 30.3 Å². The predicted molar refractivity (Wildman–Crippen MR) is 208 cm³/mol. The molecule has 4 heterocycles. The van der Waals surface area contributed by atoms with E-state index in [2.05, 4.69) is 44.6 Å². The Balaban J connectivity index is 1.39. The molecule has 0 bridgehead atoms. The van der Waals surface area contributed by atoms with Crippen LogP contribution in [-0.4, -0.2) is 81.4 Å². The molecule has 4 aromatic carbocycles. The molecule has 0 radical (unpaired) electrons.